The van der Waals surface area contributed by atoms with E-state index in [4.69, 9.17) is 9.84 Å². The monoisotopic (exact) mass is 523 g/mol. The van der Waals surface area contributed by atoms with Crippen molar-refractivity contribution in [2.45, 2.75) is 19.8 Å². The van der Waals surface area contributed by atoms with Gasteiger partial charge in [-0.25, -0.2) is 19.4 Å². The Labute approximate surface area is 206 Å². The highest BCUT2D eigenvalue weighted by Crippen LogP contribution is 2.36. The smallest absolute Gasteiger partial charge is 0.354 e. The highest BCUT2D eigenvalue weighted by Gasteiger charge is 2.23. The minimum atomic E-state index is -1.10. The number of fused-ring (bicyclic) bond motifs is 1. The molecule has 0 bridgehead atoms. The van der Waals surface area contributed by atoms with E-state index in [1.54, 1.807) is 24.1 Å². The first kappa shape index (κ1) is 23.8. The van der Waals surface area contributed by atoms with Gasteiger partial charge in [0.2, 0.25) is 0 Å². The van der Waals surface area contributed by atoms with Crippen molar-refractivity contribution in [1.29, 1.82) is 0 Å². The van der Waals surface area contributed by atoms with Gasteiger partial charge in [0.1, 0.15) is 5.82 Å². The number of aromatic carboxylic acids is 1. The summed E-state index contributed by atoms with van der Waals surface area (Å²) in [6.45, 7) is 5.43. The van der Waals surface area contributed by atoms with Crippen LogP contribution in [0.4, 0.5) is 5.82 Å². The van der Waals surface area contributed by atoms with Crippen molar-refractivity contribution in [3.8, 4) is 16.8 Å². The molecule has 0 aliphatic heterocycles. The normalized spacial score (nSPS) is 11.4. The Morgan fingerprint density at radius 2 is 2.03 bits per heavy atom. The molecule has 8 nitrogen and oxygen atoms in total. The summed E-state index contributed by atoms with van der Waals surface area (Å²) in [6.07, 6.45) is 1.76. The number of methoxy groups -OCH3 is 1. The highest BCUT2D eigenvalue weighted by molar-refractivity contribution is 9.10. The molecular weight excluding hydrogens is 498 g/mol. The fraction of sp³-hybridized carbons (Fsp3) is 0.280. The van der Waals surface area contributed by atoms with Gasteiger partial charge in [-0.15, -0.1) is 0 Å². The molecule has 176 valence electrons. The van der Waals surface area contributed by atoms with E-state index in [2.05, 4.69) is 39.7 Å². The Kier molecular flexibility index (Phi) is 6.95. The number of nitrogens with zero attached hydrogens (tertiary/aromatic N) is 5. The molecular formula is C25H26BrN5O3. The fourth-order valence-corrected chi connectivity index (χ4v) is 4.17. The van der Waals surface area contributed by atoms with E-state index in [0.717, 1.165) is 38.2 Å². The molecule has 0 fully saturated rings. The van der Waals surface area contributed by atoms with Crippen LogP contribution in [-0.2, 0) is 4.74 Å². The second kappa shape index (κ2) is 9.90. The molecule has 0 aliphatic rings. The lowest BCUT2D eigenvalue weighted by Gasteiger charge is -2.18. The molecule has 3 heterocycles. The molecule has 34 heavy (non-hydrogen) atoms. The van der Waals surface area contributed by atoms with Crippen molar-refractivity contribution in [3.05, 3.63) is 64.5 Å². The summed E-state index contributed by atoms with van der Waals surface area (Å²) in [6, 6.07) is 13.2. The molecule has 0 saturated heterocycles. The van der Waals surface area contributed by atoms with Gasteiger partial charge in [0.05, 0.1) is 23.4 Å². The van der Waals surface area contributed by atoms with Crippen LogP contribution < -0.4 is 4.90 Å². The van der Waals surface area contributed by atoms with Crippen LogP contribution in [-0.4, -0.2) is 58.1 Å². The average molecular weight is 524 g/mol. The Hall–Kier alpha value is -3.30. The van der Waals surface area contributed by atoms with Crippen LogP contribution >= 0.6 is 15.9 Å². The quantitative estimate of drug-likeness (QED) is 0.341. The predicted octanol–water partition coefficient (Wildman–Crippen LogP) is 5.15. The van der Waals surface area contributed by atoms with Crippen LogP contribution in [0.5, 0.6) is 0 Å². The summed E-state index contributed by atoms with van der Waals surface area (Å²) in [4.78, 5) is 23.1. The minimum Gasteiger partial charge on any atom is -0.477 e. The standard InChI is InChI=1S/C25H26BrN5O3/c1-15(2)23-22-19(16-8-9-21(27-14-16)30(3)10-11-34-4)13-20(25(32)33)28-24(22)31(29-23)18-7-5-6-17(26)12-18/h5-9,12-15H,10-11H2,1-4H3,(H,32,33). The molecule has 0 radical (unpaired) electrons. The number of pyridine rings is 2. The first-order valence-electron chi connectivity index (χ1n) is 10.9. The van der Waals surface area contributed by atoms with E-state index in [-0.39, 0.29) is 11.6 Å². The molecule has 4 rings (SSSR count). The lowest BCUT2D eigenvalue weighted by atomic mass is 9.98. The third-order valence-electron chi connectivity index (χ3n) is 5.56. The molecule has 4 aromatic rings. The predicted molar refractivity (Wildman–Crippen MR) is 136 cm³/mol. The number of rotatable bonds is 8. The number of hydrogen-bond acceptors (Lipinski definition) is 6. The van der Waals surface area contributed by atoms with Gasteiger partial charge in [-0.05, 0) is 47.9 Å². The van der Waals surface area contributed by atoms with Crippen LogP contribution in [0.3, 0.4) is 0 Å². The van der Waals surface area contributed by atoms with Gasteiger partial charge >= 0.3 is 5.97 Å². The van der Waals surface area contributed by atoms with Crippen LogP contribution in [0.1, 0.15) is 35.9 Å². The molecule has 0 amide bonds. The van der Waals surface area contributed by atoms with Gasteiger partial charge in [0, 0.05) is 36.9 Å². The Bertz CT molecular complexity index is 1330. The molecule has 1 aromatic carbocycles. The van der Waals surface area contributed by atoms with Crippen LogP contribution in [0.25, 0.3) is 27.8 Å². The Morgan fingerprint density at radius 1 is 1.24 bits per heavy atom. The number of benzene rings is 1. The van der Waals surface area contributed by atoms with Crippen molar-refractivity contribution in [3.63, 3.8) is 0 Å². The number of carbonyl (C=O) groups is 1. The maximum absolute atomic E-state index is 12.0. The molecule has 0 atom stereocenters. The SMILES string of the molecule is COCCN(C)c1ccc(-c2cc(C(=O)O)nc3c2c(C(C)C)nn3-c2cccc(Br)c2)cn1. The number of ether oxygens (including phenoxy) is 1. The zero-order valence-electron chi connectivity index (χ0n) is 19.5. The third-order valence-corrected chi connectivity index (χ3v) is 6.06. The Balaban J connectivity index is 1.94. The van der Waals surface area contributed by atoms with Gasteiger partial charge in [-0.2, -0.15) is 5.10 Å². The number of carboxylic acid groups (broad SMARTS) is 1. The topological polar surface area (TPSA) is 93.4 Å². The first-order chi connectivity index (χ1) is 16.3. The number of aromatic nitrogens is 4. The third kappa shape index (κ3) is 4.67. The van der Waals surface area contributed by atoms with Crippen LogP contribution in [0, 0.1) is 0 Å². The zero-order valence-corrected chi connectivity index (χ0v) is 21.1. The second-order valence-corrected chi connectivity index (χ2v) is 9.23. The summed E-state index contributed by atoms with van der Waals surface area (Å²) in [5.74, 6) is -0.196. The van der Waals surface area contributed by atoms with Crippen LogP contribution in [0.2, 0.25) is 0 Å². The van der Waals surface area contributed by atoms with Crippen LogP contribution in [0.15, 0.2) is 53.1 Å². The van der Waals surface area contributed by atoms with E-state index in [1.165, 1.54) is 0 Å². The van der Waals surface area contributed by atoms with Gasteiger partial charge < -0.3 is 14.7 Å². The summed E-state index contributed by atoms with van der Waals surface area (Å²) >= 11 is 3.51. The highest BCUT2D eigenvalue weighted by atomic mass is 79.9. The molecule has 0 aliphatic carbocycles. The molecule has 1 N–H and O–H groups in total. The first-order valence-corrected chi connectivity index (χ1v) is 11.7. The number of carboxylic acids is 1. The largest absolute Gasteiger partial charge is 0.477 e. The maximum Gasteiger partial charge on any atom is 0.354 e. The van der Waals surface area contributed by atoms with Crippen molar-refractivity contribution in [1.82, 2.24) is 19.7 Å². The van der Waals surface area contributed by atoms with Crippen molar-refractivity contribution in [2.24, 2.45) is 0 Å². The Morgan fingerprint density at radius 3 is 2.65 bits per heavy atom. The van der Waals surface area contributed by atoms with Gasteiger partial charge in [0.15, 0.2) is 11.3 Å². The van der Waals surface area contributed by atoms with Gasteiger partial charge in [-0.3, -0.25) is 0 Å². The van der Waals surface area contributed by atoms with Crippen molar-refractivity contribution in [2.75, 3.05) is 32.2 Å². The lowest BCUT2D eigenvalue weighted by Crippen LogP contribution is -2.22. The van der Waals surface area contributed by atoms with E-state index < -0.39 is 5.97 Å². The molecule has 0 saturated carbocycles. The fourth-order valence-electron chi connectivity index (χ4n) is 3.79. The summed E-state index contributed by atoms with van der Waals surface area (Å²) in [5.41, 5.74) is 3.63. The summed E-state index contributed by atoms with van der Waals surface area (Å²) in [7, 11) is 3.62. The molecule has 0 spiro atoms. The lowest BCUT2D eigenvalue weighted by molar-refractivity contribution is 0.0691. The molecule has 0 unspecified atom stereocenters. The van der Waals surface area contributed by atoms with E-state index in [0.29, 0.717) is 18.8 Å². The number of halogens is 1. The average Bonchev–Trinajstić information content (AvgIpc) is 3.22. The van der Waals surface area contributed by atoms with Crippen molar-refractivity contribution < 1.29 is 14.6 Å². The zero-order chi connectivity index (χ0) is 24.4. The maximum atomic E-state index is 12.0. The van der Waals surface area contributed by atoms with Crippen molar-refractivity contribution >= 4 is 38.8 Å². The summed E-state index contributed by atoms with van der Waals surface area (Å²) in [5, 5.41) is 15.5. The second-order valence-electron chi connectivity index (χ2n) is 8.31. The van der Waals surface area contributed by atoms with Gasteiger partial charge in [0.25, 0.3) is 0 Å². The number of likely N-dealkylation sites (N-methyl/N-ethyl adjacent to an activating group) is 1. The van der Waals surface area contributed by atoms with E-state index in [1.807, 2.05) is 48.3 Å². The van der Waals surface area contributed by atoms with E-state index >= 15 is 0 Å². The molecule has 9 heteroatoms. The minimum absolute atomic E-state index is 0.0461. The number of anilines is 1. The molecule has 3 aromatic heterocycles. The summed E-state index contributed by atoms with van der Waals surface area (Å²) < 4.78 is 7.76. The van der Waals surface area contributed by atoms with E-state index in [9.17, 15) is 9.90 Å². The van der Waals surface area contributed by atoms with Gasteiger partial charge in [-0.1, -0.05) is 35.8 Å². The number of hydrogen-bond donors (Lipinski definition) is 1.